The first-order valence-corrected chi connectivity index (χ1v) is 10.7. The number of aromatic nitrogens is 4. The predicted molar refractivity (Wildman–Crippen MR) is 122 cm³/mol. The van der Waals surface area contributed by atoms with Gasteiger partial charge in [0.15, 0.2) is 11.0 Å². The zero-order valence-corrected chi connectivity index (χ0v) is 17.7. The lowest BCUT2D eigenvalue weighted by Crippen LogP contribution is -2.12. The first kappa shape index (κ1) is 20.6. The van der Waals surface area contributed by atoms with Gasteiger partial charge in [0.25, 0.3) is 0 Å². The van der Waals surface area contributed by atoms with E-state index in [1.54, 1.807) is 19.5 Å². The van der Waals surface area contributed by atoms with Gasteiger partial charge >= 0.3 is 0 Å². The van der Waals surface area contributed by atoms with Gasteiger partial charge in [-0.15, -0.1) is 10.2 Å². The Labute approximate surface area is 184 Å². The summed E-state index contributed by atoms with van der Waals surface area (Å²) in [6, 6.07) is 20.9. The maximum atomic E-state index is 12.3. The number of amides is 1. The number of thioether (sulfide) groups is 1. The van der Waals surface area contributed by atoms with Crippen LogP contribution in [0.2, 0.25) is 0 Å². The summed E-state index contributed by atoms with van der Waals surface area (Å²) in [5.41, 5.74) is 2.61. The van der Waals surface area contributed by atoms with E-state index in [9.17, 15) is 4.79 Å². The summed E-state index contributed by atoms with van der Waals surface area (Å²) in [6.07, 6.45) is 3.81. The fraction of sp³-hybridized carbons (Fsp3) is 0.130. The van der Waals surface area contributed by atoms with Crippen LogP contribution < -0.4 is 10.1 Å². The summed E-state index contributed by atoms with van der Waals surface area (Å²) in [6.45, 7) is 0. The van der Waals surface area contributed by atoms with E-state index in [0.717, 1.165) is 22.7 Å². The molecule has 2 heterocycles. The van der Waals surface area contributed by atoms with E-state index in [4.69, 9.17) is 4.74 Å². The molecule has 4 rings (SSSR count). The van der Waals surface area contributed by atoms with Crippen molar-refractivity contribution in [1.82, 2.24) is 19.7 Å². The lowest BCUT2D eigenvalue weighted by atomic mass is 10.2. The molecule has 1 amide bonds. The summed E-state index contributed by atoms with van der Waals surface area (Å²) in [5, 5.41) is 12.4. The lowest BCUT2D eigenvalue weighted by Gasteiger charge is -2.11. The molecule has 1 N–H and O–H groups in total. The van der Waals surface area contributed by atoms with Crippen molar-refractivity contribution in [3.05, 3.63) is 79.1 Å². The molecule has 2 aromatic carbocycles. The summed E-state index contributed by atoms with van der Waals surface area (Å²) in [4.78, 5) is 16.3. The largest absolute Gasteiger partial charge is 0.497 e. The van der Waals surface area contributed by atoms with Gasteiger partial charge < -0.3 is 10.1 Å². The Kier molecular flexibility index (Phi) is 6.59. The maximum absolute atomic E-state index is 12.3. The molecule has 156 valence electrons. The second-order valence-electron chi connectivity index (χ2n) is 6.59. The number of ether oxygens (including phenoxy) is 1. The molecule has 0 aliphatic heterocycles. The van der Waals surface area contributed by atoms with E-state index < -0.39 is 0 Å². The van der Waals surface area contributed by atoms with Crippen LogP contribution in [0.15, 0.2) is 84.3 Å². The van der Waals surface area contributed by atoms with Crippen molar-refractivity contribution in [2.24, 2.45) is 0 Å². The van der Waals surface area contributed by atoms with Crippen LogP contribution >= 0.6 is 11.8 Å². The molecule has 8 heteroatoms. The number of benzene rings is 2. The van der Waals surface area contributed by atoms with Crippen LogP contribution in [-0.4, -0.2) is 38.5 Å². The molecule has 0 unspecified atom stereocenters. The third kappa shape index (κ3) is 5.10. The van der Waals surface area contributed by atoms with E-state index in [2.05, 4.69) is 20.5 Å². The molecular formula is C23H21N5O2S. The molecule has 0 aliphatic carbocycles. The molecule has 7 nitrogen and oxygen atoms in total. The number of anilines is 1. The smallest absolute Gasteiger partial charge is 0.225 e. The highest BCUT2D eigenvalue weighted by atomic mass is 32.2. The summed E-state index contributed by atoms with van der Waals surface area (Å²) < 4.78 is 7.25. The highest BCUT2D eigenvalue weighted by Crippen LogP contribution is 2.29. The van der Waals surface area contributed by atoms with Crippen molar-refractivity contribution in [3.63, 3.8) is 0 Å². The molecule has 0 radical (unpaired) electrons. The first-order chi connectivity index (χ1) is 15.2. The van der Waals surface area contributed by atoms with Crippen LogP contribution in [0.4, 0.5) is 5.69 Å². The van der Waals surface area contributed by atoms with Gasteiger partial charge in [-0.25, -0.2) is 0 Å². The number of carbonyl (C=O) groups excluding carboxylic acids is 1. The predicted octanol–water partition coefficient (Wildman–Crippen LogP) is 4.46. The van der Waals surface area contributed by atoms with Crippen LogP contribution in [0.1, 0.15) is 6.42 Å². The topological polar surface area (TPSA) is 81.9 Å². The van der Waals surface area contributed by atoms with Gasteiger partial charge in [-0.2, -0.15) is 0 Å². The van der Waals surface area contributed by atoms with E-state index >= 15 is 0 Å². The van der Waals surface area contributed by atoms with E-state index in [1.165, 1.54) is 11.8 Å². The molecule has 0 spiro atoms. The quantitative estimate of drug-likeness (QED) is 0.415. The molecule has 0 fully saturated rings. The average Bonchev–Trinajstić information content (AvgIpc) is 3.24. The van der Waals surface area contributed by atoms with E-state index in [0.29, 0.717) is 23.2 Å². The van der Waals surface area contributed by atoms with Crippen molar-refractivity contribution in [3.8, 4) is 22.8 Å². The molecule has 2 aromatic heterocycles. The number of hydrogen-bond acceptors (Lipinski definition) is 6. The Morgan fingerprint density at radius 2 is 1.74 bits per heavy atom. The normalized spacial score (nSPS) is 10.6. The number of para-hydroxylation sites is 1. The summed E-state index contributed by atoms with van der Waals surface area (Å²) >= 11 is 1.49. The van der Waals surface area contributed by atoms with Crippen LogP contribution in [0.25, 0.3) is 17.1 Å². The number of pyridine rings is 1. The second-order valence-corrected chi connectivity index (χ2v) is 7.65. The van der Waals surface area contributed by atoms with Crippen molar-refractivity contribution in [2.45, 2.75) is 11.6 Å². The Hall–Kier alpha value is -3.65. The monoisotopic (exact) mass is 431 g/mol. The van der Waals surface area contributed by atoms with Crippen molar-refractivity contribution in [1.29, 1.82) is 0 Å². The zero-order valence-electron chi connectivity index (χ0n) is 16.9. The minimum atomic E-state index is -0.0384. The molecule has 0 atom stereocenters. The Morgan fingerprint density at radius 3 is 2.45 bits per heavy atom. The summed E-state index contributed by atoms with van der Waals surface area (Å²) in [7, 11) is 1.64. The highest BCUT2D eigenvalue weighted by Gasteiger charge is 2.16. The molecule has 0 bridgehead atoms. The minimum absolute atomic E-state index is 0.0384. The Balaban J connectivity index is 1.53. The summed E-state index contributed by atoms with van der Waals surface area (Å²) in [5.74, 6) is 2.02. The van der Waals surface area contributed by atoms with Crippen molar-refractivity contribution >= 4 is 23.4 Å². The third-order valence-corrected chi connectivity index (χ3v) is 5.45. The van der Waals surface area contributed by atoms with Gasteiger partial charge in [0, 0.05) is 41.5 Å². The SMILES string of the molecule is COc1ccc(-n2c(SCCC(=O)Nc3ccccc3)nnc2-c2ccncc2)cc1. The van der Waals surface area contributed by atoms with Crippen LogP contribution in [0.3, 0.4) is 0 Å². The number of nitrogens with zero attached hydrogens (tertiary/aromatic N) is 4. The molecule has 4 aromatic rings. The number of rotatable bonds is 8. The van der Waals surface area contributed by atoms with Crippen molar-refractivity contribution < 1.29 is 9.53 Å². The van der Waals surface area contributed by atoms with E-state index in [1.807, 2.05) is 71.3 Å². The Morgan fingerprint density at radius 1 is 1.00 bits per heavy atom. The maximum Gasteiger partial charge on any atom is 0.225 e. The fourth-order valence-electron chi connectivity index (χ4n) is 3.00. The number of hydrogen-bond donors (Lipinski definition) is 1. The van der Waals surface area contributed by atoms with Crippen molar-refractivity contribution in [2.75, 3.05) is 18.2 Å². The van der Waals surface area contributed by atoms with Crippen LogP contribution in [0, 0.1) is 0 Å². The van der Waals surface area contributed by atoms with Gasteiger partial charge in [-0.1, -0.05) is 30.0 Å². The minimum Gasteiger partial charge on any atom is -0.497 e. The second kappa shape index (κ2) is 9.90. The average molecular weight is 432 g/mol. The van der Waals surface area contributed by atoms with Crippen LogP contribution in [-0.2, 0) is 4.79 Å². The number of nitrogens with one attached hydrogen (secondary N) is 1. The standard InChI is InChI=1S/C23H21N5O2S/c1-30-20-9-7-19(8-10-20)28-22(17-11-14-24-15-12-17)26-27-23(28)31-16-13-21(29)25-18-5-3-2-4-6-18/h2-12,14-15H,13,16H2,1H3,(H,25,29). The highest BCUT2D eigenvalue weighted by molar-refractivity contribution is 7.99. The van der Waals surface area contributed by atoms with Crippen LogP contribution in [0.5, 0.6) is 5.75 Å². The van der Waals surface area contributed by atoms with Gasteiger partial charge in [0.1, 0.15) is 5.75 Å². The number of methoxy groups -OCH3 is 1. The first-order valence-electron chi connectivity index (χ1n) is 9.72. The molecule has 31 heavy (non-hydrogen) atoms. The fourth-order valence-corrected chi connectivity index (χ4v) is 3.88. The number of carbonyl (C=O) groups is 1. The molecule has 0 saturated heterocycles. The van der Waals surface area contributed by atoms with Gasteiger partial charge in [0.05, 0.1) is 7.11 Å². The third-order valence-electron chi connectivity index (χ3n) is 4.52. The van der Waals surface area contributed by atoms with Gasteiger partial charge in [-0.3, -0.25) is 14.3 Å². The van der Waals surface area contributed by atoms with E-state index in [-0.39, 0.29) is 5.91 Å². The molecular weight excluding hydrogens is 410 g/mol. The zero-order chi connectivity index (χ0) is 21.5. The Bertz CT molecular complexity index is 1130. The van der Waals surface area contributed by atoms with Gasteiger partial charge in [-0.05, 0) is 48.5 Å². The molecule has 0 saturated carbocycles. The lowest BCUT2D eigenvalue weighted by molar-refractivity contribution is -0.115. The van der Waals surface area contributed by atoms with Gasteiger partial charge in [0.2, 0.25) is 5.91 Å². The molecule has 0 aliphatic rings.